The molecule has 0 aromatic heterocycles. The Morgan fingerprint density at radius 3 is 2.50 bits per heavy atom. The molecular formula is C12H22N2O2S2. The van der Waals surface area contributed by atoms with Gasteiger partial charge < -0.3 is 0 Å². The van der Waals surface area contributed by atoms with Gasteiger partial charge in [-0.3, -0.25) is 5.32 Å². The first-order valence-electron chi connectivity index (χ1n) is 6.23. The van der Waals surface area contributed by atoms with E-state index in [1.165, 1.54) is 6.26 Å². The average Bonchev–Trinajstić information content (AvgIpc) is 3.04. The largest absolute Gasteiger partial charge is 0.296 e. The van der Waals surface area contributed by atoms with Gasteiger partial charge in [-0.1, -0.05) is 0 Å². The van der Waals surface area contributed by atoms with Crippen molar-refractivity contribution < 1.29 is 8.42 Å². The summed E-state index contributed by atoms with van der Waals surface area (Å²) in [5.74, 6) is 1.85. The number of nitrogens with one attached hydrogen (secondary N) is 1. The molecule has 1 fully saturated rings. The number of rotatable bonds is 8. The third-order valence-corrected chi connectivity index (χ3v) is 5.30. The Bertz CT molecular complexity index is 410. The van der Waals surface area contributed by atoms with Crippen molar-refractivity contribution in [2.45, 2.75) is 38.3 Å². The Labute approximate surface area is 114 Å². The monoisotopic (exact) mass is 290 g/mol. The minimum absolute atomic E-state index is 0.186. The molecule has 0 saturated heterocycles. The molecule has 0 radical (unpaired) electrons. The summed E-state index contributed by atoms with van der Waals surface area (Å²) < 4.78 is 22.1. The van der Waals surface area contributed by atoms with Crippen LogP contribution in [0.15, 0.2) is 0 Å². The molecule has 0 aliphatic heterocycles. The van der Waals surface area contributed by atoms with Gasteiger partial charge in [0.1, 0.15) is 15.4 Å². The van der Waals surface area contributed by atoms with Gasteiger partial charge in [0, 0.05) is 23.8 Å². The molecule has 1 rings (SSSR count). The molecule has 1 atom stereocenters. The summed E-state index contributed by atoms with van der Waals surface area (Å²) in [5, 5.41) is 12.8. The molecule has 104 valence electrons. The van der Waals surface area contributed by atoms with Crippen LogP contribution in [0.2, 0.25) is 0 Å². The topological polar surface area (TPSA) is 70.0 Å². The molecule has 4 nitrogen and oxygen atoms in total. The van der Waals surface area contributed by atoms with E-state index in [4.69, 9.17) is 0 Å². The Morgan fingerprint density at radius 1 is 1.50 bits per heavy atom. The van der Waals surface area contributed by atoms with Gasteiger partial charge in [-0.25, -0.2) is 8.42 Å². The Hall–Kier alpha value is -0.250. The van der Waals surface area contributed by atoms with Gasteiger partial charge in [-0.2, -0.15) is 17.0 Å². The highest BCUT2D eigenvalue weighted by atomic mass is 32.2. The molecule has 6 heteroatoms. The van der Waals surface area contributed by atoms with Gasteiger partial charge in [0.15, 0.2) is 0 Å². The predicted molar refractivity (Wildman–Crippen MR) is 76.4 cm³/mol. The molecule has 1 aliphatic rings. The zero-order valence-electron chi connectivity index (χ0n) is 11.3. The van der Waals surface area contributed by atoms with Crippen molar-refractivity contribution in [3.8, 4) is 6.07 Å². The lowest BCUT2D eigenvalue weighted by molar-refractivity contribution is 0.370. The molecule has 18 heavy (non-hydrogen) atoms. The van der Waals surface area contributed by atoms with Gasteiger partial charge in [0.25, 0.3) is 0 Å². The van der Waals surface area contributed by atoms with E-state index in [2.05, 4.69) is 11.4 Å². The lowest BCUT2D eigenvalue weighted by Crippen LogP contribution is -2.51. The minimum Gasteiger partial charge on any atom is -0.296 e. The van der Waals surface area contributed by atoms with Crippen LogP contribution < -0.4 is 5.32 Å². The van der Waals surface area contributed by atoms with Crippen molar-refractivity contribution in [1.82, 2.24) is 5.32 Å². The van der Waals surface area contributed by atoms with Gasteiger partial charge in [0.05, 0.1) is 11.8 Å². The van der Waals surface area contributed by atoms with Crippen LogP contribution in [-0.2, 0) is 9.84 Å². The number of thioether (sulfide) groups is 1. The van der Waals surface area contributed by atoms with Gasteiger partial charge >= 0.3 is 0 Å². The van der Waals surface area contributed by atoms with Crippen molar-refractivity contribution in [3.05, 3.63) is 0 Å². The van der Waals surface area contributed by atoms with Crippen LogP contribution >= 0.6 is 11.8 Å². The molecular weight excluding hydrogens is 268 g/mol. The maximum Gasteiger partial charge on any atom is 0.148 e. The summed E-state index contributed by atoms with van der Waals surface area (Å²) in [6.45, 7) is 4.07. The highest BCUT2D eigenvalue weighted by Crippen LogP contribution is 2.41. The summed E-state index contributed by atoms with van der Waals surface area (Å²) >= 11 is 1.56. The van der Waals surface area contributed by atoms with E-state index in [1.807, 2.05) is 13.8 Å². The number of hydrogen-bond acceptors (Lipinski definition) is 5. The van der Waals surface area contributed by atoms with E-state index < -0.39 is 15.4 Å². The molecule has 1 aliphatic carbocycles. The molecule has 1 unspecified atom stereocenters. The molecule has 1 saturated carbocycles. The van der Waals surface area contributed by atoms with E-state index >= 15 is 0 Å². The van der Waals surface area contributed by atoms with E-state index in [0.717, 1.165) is 12.8 Å². The number of hydrogen-bond donors (Lipinski definition) is 1. The second kappa shape index (κ2) is 6.27. The highest BCUT2D eigenvalue weighted by Gasteiger charge is 2.45. The fourth-order valence-electron chi connectivity index (χ4n) is 1.97. The molecule has 0 bridgehead atoms. The van der Waals surface area contributed by atoms with Crippen molar-refractivity contribution in [1.29, 1.82) is 5.26 Å². The van der Waals surface area contributed by atoms with Crippen LogP contribution in [0.1, 0.15) is 26.7 Å². The fraction of sp³-hybridized carbons (Fsp3) is 0.917. The van der Waals surface area contributed by atoms with Crippen LogP contribution in [0.4, 0.5) is 0 Å². The molecule has 1 N–H and O–H groups in total. The lowest BCUT2D eigenvalue weighted by atomic mass is 9.96. The standard InChI is InChI=1S/C12H22N2O2S2/c1-10(2)14-12(8-13,11-4-5-11)9-17-6-7-18(3,15)16/h10-11,14H,4-7,9H2,1-3H3. The first kappa shape index (κ1) is 15.8. The molecule has 0 amide bonds. The van der Waals surface area contributed by atoms with Gasteiger partial charge in [-0.15, -0.1) is 0 Å². The van der Waals surface area contributed by atoms with Crippen molar-refractivity contribution >= 4 is 21.6 Å². The zero-order valence-corrected chi connectivity index (χ0v) is 12.9. The molecule has 0 spiro atoms. The minimum atomic E-state index is -2.90. The summed E-state index contributed by atoms with van der Waals surface area (Å²) in [6, 6.07) is 2.69. The zero-order chi connectivity index (χ0) is 13.8. The van der Waals surface area contributed by atoms with E-state index in [-0.39, 0.29) is 11.8 Å². The summed E-state index contributed by atoms with van der Waals surface area (Å²) in [4.78, 5) is 0. The van der Waals surface area contributed by atoms with E-state index in [1.54, 1.807) is 11.8 Å². The normalized spacial score (nSPS) is 19.5. The number of nitriles is 1. The maximum atomic E-state index is 11.1. The smallest absolute Gasteiger partial charge is 0.148 e. The summed E-state index contributed by atoms with van der Waals surface area (Å²) in [7, 11) is -2.90. The second-order valence-corrected chi connectivity index (χ2v) is 8.70. The lowest BCUT2D eigenvalue weighted by Gasteiger charge is -2.30. The van der Waals surface area contributed by atoms with Crippen LogP contribution in [0.3, 0.4) is 0 Å². The Morgan fingerprint density at radius 2 is 2.11 bits per heavy atom. The van der Waals surface area contributed by atoms with Crippen molar-refractivity contribution in [3.63, 3.8) is 0 Å². The van der Waals surface area contributed by atoms with Gasteiger partial charge in [0.2, 0.25) is 0 Å². The average molecular weight is 290 g/mol. The molecule has 0 heterocycles. The van der Waals surface area contributed by atoms with Crippen LogP contribution in [-0.4, -0.2) is 43.5 Å². The second-order valence-electron chi connectivity index (χ2n) is 5.34. The van der Waals surface area contributed by atoms with E-state index in [0.29, 0.717) is 17.4 Å². The predicted octanol–water partition coefficient (Wildman–Crippen LogP) is 1.43. The van der Waals surface area contributed by atoms with Crippen molar-refractivity contribution in [2.75, 3.05) is 23.5 Å². The summed E-state index contributed by atoms with van der Waals surface area (Å²) in [5.41, 5.74) is -0.476. The van der Waals surface area contributed by atoms with Crippen LogP contribution in [0, 0.1) is 17.2 Å². The Kier molecular flexibility index (Phi) is 5.50. The first-order valence-corrected chi connectivity index (χ1v) is 9.45. The van der Waals surface area contributed by atoms with Crippen LogP contribution in [0.5, 0.6) is 0 Å². The third-order valence-electron chi connectivity index (χ3n) is 2.95. The van der Waals surface area contributed by atoms with E-state index in [9.17, 15) is 13.7 Å². The SMILES string of the molecule is CC(C)NC(C#N)(CSCCS(C)(=O)=O)C1CC1. The Balaban J connectivity index is 2.50. The number of nitrogens with zero attached hydrogens (tertiary/aromatic N) is 1. The summed E-state index contributed by atoms with van der Waals surface area (Å²) in [6.07, 6.45) is 3.44. The van der Waals surface area contributed by atoms with Crippen molar-refractivity contribution in [2.24, 2.45) is 5.92 Å². The fourth-order valence-corrected chi connectivity index (χ4v) is 4.50. The maximum absolute atomic E-state index is 11.1. The first-order chi connectivity index (χ1) is 8.29. The van der Waals surface area contributed by atoms with Gasteiger partial charge in [-0.05, 0) is 32.6 Å². The molecule has 0 aromatic carbocycles. The highest BCUT2D eigenvalue weighted by molar-refractivity contribution is 8.00. The number of sulfone groups is 1. The quantitative estimate of drug-likeness (QED) is 0.685. The molecule has 0 aromatic rings. The van der Waals surface area contributed by atoms with Crippen LogP contribution in [0.25, 0.3) is 0 Å². The third kappa shape index (κ3) is 5.17.